The number of para-hydroxylation sites is 1. The highest BCUT2D eigenvalue weighted by Gasteiger charge is 2.31. The number of fused-ring (bicyclic) bond motifs is 8. The van der Waals surface area contributed by atoms with Crippen LogP contribution >= 0.6 is 0 Å². The molecule has 0 fully saturated rings. The lowest BCUT2D eigenvalue weighted by Crippen LogP contribution is -2.45. The quantitative estimate of drug-likeness (QED) is 0.174. The lowest BCUT2D eigenvalue weighted by Gasteiger charge is -2.34. The Balaban J connectivity index is 1.13. The molecule has 9 aromatic rings. The van der Waals surface area contributed by atoms with Gasteiger partial charge in [-0.2, -0.15) is 0 Å². The molecule has 2 aliphatic rings. The number of furan rings is 2. The summed E-state index contributed by atoms with van der Waals surface area (Å²) in [6, 6.07) is 51.0. The van der Waals surface area contributed by atoms with E-state index in [-0.39, 0.29) is 12.3 Å². The van der Waals surface area contributed by atoms with E-state index in [1.54, 1.807) is 0 Å². The number of nitrogens with zero attached hydrogens (tertiary/aromatic N) is 1. The number of benzene rings is 7. The number of amidine groups is 1. The highest BCUT2D eigenvalue weighted by Crippen LogP contribution is 2.43. The predicted molar refractivity (Wildman–Crippen MR) is 210 cm³/mol. The second kappa shape index (κ2) is 11.5. The Bertz CT molecular complexity index is 2940. The average Bonchev–Trinajstić information content (AvgIpc) is 3.77. The van der Waals surface area contributed by atoms with Gasteiger partial charge in [-0.3, -0.25) is 5.32 Å². The van der Waals surface area contributed by atoms with Crippen LogP contribution in [0.25, 0.3) is 60.0 Å². The van der Waals surface area contributed by atoms with Gasteiger partial charge in [0.1, 0.15) is 40.7 Å². The van der Waals surface area contributed by atoms with Crippen LogP contribution in [-0.4, -0.2) is 5.84 Å². The Morgan fingerprint density at radius 1 is 0.577 bits per heavy atom. The van der Waals surface area contributed by atoms with Crippen LogP contribution in [0.3, 0.4) is 0 Å². The monoisotopic (exact) mass is 672 g/mol. The molecule has 52 heavy (non-hydrogen) atoms. The zero-order valence-corrected chi connectivity index (χ0v) is 28.1. The maximum Gasteiger partial charge on any atom is 0.135 e. The number of hydrogen-bond acceptors (Lipinski definition) is 6. The topological polar surface area (TPSA) is 74.7 Å². The van der Waals surface area contributed by atoms with Crippen molar-refractivity contribution < 1.29 is 8.83 Å². The van der Waals surface area contributed by atoms with E-state index in [1.165, 1.54) is 16.2 Å². The summed E-state index contributed by atoms with van der Waals surface area (Å²) in [5.74, 6) is 1.76. The van der Waals surface area contributed by atoms with E-state index in [4.69, 9.17) is 13.8 Å². The van der Waals surface area contributed by atoms with Gasteiger partial charge in [0.25, 0.3) is 0 Å². The standard InChI is InChI=1S/C46H32N4O2/c1-2-11-27(12-3-1)44-48-45(33-18-10-20-39-42(33)32-17-8-9-19-38(32)51-39)50-46(49-44)35-22-29-14-5-4-13-28(29)21-34(35)37-25-47-26-41-43(37)36-23-30-15-6-7-16-31(30)24-40(36)52-41/h1-25,45-47,50H,26H2,(H,48,49). The third-order valence-electron chi connectivity index (χ3n) is 10.6. The summed E-state index contributed by atoms with van der Waals surface area (Å²) >= 11 is 0. The van der Waals surface area contributed by atoms with Gasteiger partial charge < -0.3 is 19.5 Å². The van der Waals surface area contributed by atoms with E-state index in [1.807, 2.05) is 24.3 Å². The molecule has 7 aromatic carbocycles. The lowest BCUT2D eigenvalue weighted by molar-refractivity contribution is 0.410. The van der Waals surface area contributed by atoms with Gasteiger partial charge in [-0.25, -0.2) is 4.99 Å². The molecule has 0 bridgehead atoms. The Kier molecular flexibility index (Phi) is 6.42. The van der Waals surface area contributed by atoms with Crippen LogP contribution in [0, 0.1) is 0 Å². The predicted octanol–water partition coefficient (Wildman–Crippen LogP) is 10.5. The fourth-order valence-electron chi connectivity index (χ4n) is 8.16. The van der Waals surface area contributed by atoms with Crippen LogP contribution in [0.2, 0.25) is 0 Å². The SMILES string of the molecule is C1=C(c2cc3ccccc3cc2C2N=C(c3ccccc3)NC(c3cccc4oc5ccccc5c34)N2)c2c(oc3cc4ccccc4cc23)CN1. The van der Waals surface area contributed by atoms with Crippen LogP contribution in [0.15, 0.2) is 166 Å². The fourth-order valence-corrected chi connectivity index (χ4v) is 8.16. The zero-order chi connectivity index (χ0) is 34.2. The van der Waals surface area contributed by atoms with Crippen LogP contribution in [0.4, 0.5) is 0 Å². The first-order valence-electron chi connectivity index (χ1n) is 17.7. The molecule has 2 unspecified atom stereocenters. The van der Waals surface area contributed by atoms with Crippen molar-refractivity contribution in [3.05, 3.63) is 185 Å². The minimum absolute atomic E-state index is 0.267. The Morgan fingerprint density at radius 3 is 2.13 bits per heavy atom. The van der Waals surface area contributed by atoms with Gasteiger partial charge in [-0.15, -0.1) is 0 Å². The zero-order valence-electron chi connectivity index (χ0n) is 28.1. The number of rotatable bonds is 4. The van der Waals surface area contributed by atoms with Crippen molar-refractivity contribution in [2.45, 2.75) is 18.9 Å². The third-order valence-corrected chi connectivity index (χ3v) is 10.6. The molecule has 6 nitrogen and oxygen atoms in total. The van der Waals surface area contributed by atoms with Crippen molar-refractivity contribution in [3.8, 4) is 0 Å². The summed E-state index contributed by atoms with van der Waals surface area (Å²) in [4.78, 5) is 5.44. The van der Waals surface area contributed by atoms with Gasteiger partial charge in [0.05, 0.1) is 6.54 Å². The van der Waals surface area contributed by atoms with Gasteiger partial charge >= 0.3 is 0 Å². The van der Waals surface area contributed by atoms with E-state index in [0.717, 1.165) is 83.3 Å². The van der Waals surface area contributed by atoms with Crippen LogP contribution in [0.5, 0.6) is 0 Å². The molecule has 0 saturated carbocycles. The van der Waals surface area contributed by atoms with Crippen molar-refractivity contribution in [3.63, 3.8) is 0 Å². The summed E-state index contributed by atoms with van der Waals surface area (Å²) in [5.41, 5.74) is 9.16. The second-order valence-corrected chi connectivity index (χ2v) is 13.6. The number of hydrogen-bond donors (Lipinski definition) is 3. The van der Waals surface area contributed by atoms with Gasteiger partial charge in [0, 0.05) is 44.6 Å². The fraction of sp³-hybridized carbons (Fsp3) is 0.0652. The van der Waals surface area contributed by atoms with Crippen molar-refractivity contribution in [2.75, 3.05) is 0 Å². The van der Waals surface area contributed by atoms with Gasteiger partial charge in [0.15, 0.2) is 0 Å². The molecule has 0 aliphatic carbocycles. The molecule has 2 aromatic heterocycles. The third kappa shape index (κ3) is 4.58. The second-order valence-electron chi connectivity index (χ2n) is 13.6. The summed E-state index contributed by atoms with van der Waals surface area (Å²) in [7, 11) is 0. The van der Waals surface area contributed by atoms with Crippen LogP contribution in [0.1, 0.15) is 45.9 Å². The molecular weight excluding hydrogens is 641 g/mol. The Hall–Kier alpha value is -6.63. The van der Waals surface area contributed by atoms with Crippen molar-refractivity contribution in [1.29, 1.82) is 0 Å². The summed E-state index contributed by atoms with van der Waals surface area (Å²) < 4.78 is 12.9. The molecule has 2 atom stereocenters. The molecule has 3 N–H and O–H groups in total. The minimum atomic E-state index is -0.389. The summed E-state index contributed by atoms with van der Waals surface area (Å²) in [6.45, 7) is 0.624. The molecule has 4 heterocycles. The highest BCUT2D eigenvalue weighted by molar-refractivity contribution is 6.08. The van der Waals surface area contributed by atoms with Crippen molar-refractivity contribution in [1.82, 2.24) is 16.0 Å². The van der Waals surface area contributed by atoms with Crippen LogP contribution < -0.4 is 16.0 Å². The van der Waals surface area contributed by atoms with Gasteiger partial charge in [-0.1, -0.05) is 109 Å². The maximum atomic E-state index is 6.58. The van der Waals surface area contributed by atoms with E-state index < -0.39 is 0 Å². The van der Waals surface area contributed by atoms with Crippen molar-refractivity contribution >= 4 is 65.9 Å². The highest BCUT2D eigenvalue weighted by atomic mass is 16.3. The molecule has 0 spiro atoms. The molecule has 0 amide bonds. The van der Waals surface area contributed by atoms with E-state index >= 15 is 0 Å². The van der Waals surface area contributed by atoms with Gasteiger partial charge in [-0.05, 0) is 69.1 Å². The smallest absolute Gasteiger partial charge is 0.135 e. The first kappa shape index (κ1) is 29.1. The molecular formula is C46H32N4O2. The maximum absolute atomic E-state index is 6.58. The minimum Gasteiger partial charge on any atom is -0.458 e. The van der Waals surface area contributed by atoms with E-state index in [9.17, 15) is 0 Å². The number of aliphatic imine (C=N–C) groups is 1. The summed E-state index contributed by atoms with van der Waals surface area (Å²) in [5, 5.41) is 19.2. The Labute approximate surface area is 299 Å². The van der Waals surface area contributed by atoms with Crippen LogP contribution in [-0.2, 0) is 6.54 Å². The normalized spacial score (nSPS) is 17.2. The Morgan fingerprint density at radius 2 is 1.29 bits per heavy atom. The molecule has 6 heteroatoms. The largest absolute Gasteiger partial charge is 0.458 e. The molecule has 2 aliphatic heterocycles. The van der Waals surface area contributed by atoms with E-state index in [0.29, 0.717) is 6.54 Å². The molecule has 248 valence electrons. The first-order valence-corrected chi connectivity index (χ1v) is 17.7. The van der Waals surface area contributed by atoms with Crippen molar-refractivity contribution in [2.24, 2.45) is 4.99 Å². The molecule has 0 radical (unpaired) electrons. The lowest BCUT2D eigenvalue weighted by atomic mass is 9.87. The molecule has 0 saturated heterocycles. The first-order chi connectivity index (χ1) is 25.7. The van der Waals surface area contributed by atoms with E-state index in [2.05, 4.69) is 143 Å². The molecule has 11 rings (SSSR count). The summed E-state index contributed by atoms with van der Waals surface area (Å²) in [6.07, 6.45) is 1.50. The average molecular weight is 673 g/mol. The number of nitrogens with one attached hydrogen (secondary N) is 3. The van der Waals surface area contributed by atoms with Gasteiger partial charge in [0.2, 0.25) is 0 Å².